The molecular formula is C11H19N4O+. The van der Waals surface area contributed by atoms with Crippen molar-refractivity contribution in [2.45, 2.75) is 26.2 Å². The molecule has 1 heterocycles. The van der Waals surface area contributed by atoms with Crippen molar-refractivity contribution in [1.82, 2.24) is 4.90 Å². The van der Waals surface area contributed by atoms with Gasteiger partial charge in [0.15, 0.2) is 5.71 Å². The van der Waals surface area contributed by atoms with Crippen LogP contribution in [0.15, 0.2) is 5.16 Å². The Hall–Kier alpha value is -1.57. The molecule has 0 aromatic heterocycles. The van der Waals surface area contributed by atoms with E-state index in [9.17, 15) is 0 Å². The largest absolute Gasteiger partial charge is 0.472 e. The van der Waals surface area contributed by atoms with Gasteiger partial charge in [0.05, 0.1) is 27.2 Å². The molecule has 0 atom stereocenters. The van der Waals surface area contributed by atoms with E-state index < -0.39 is 0 Å². The minimum absolute atomic E-state index is 0.415. The van der Waals surface area contributed by atoms with Crippen molar-refractivity contribution in [2.24, 2.45) is 5.16 Å². The van der Waals surface area contributed by atoms with Crippen molar-refractivity contribution in [1.29, 1.82) is 5.26 Å². The zero-order valence-corrected chi connectivity index (χ0v) is 10.2. The first-order valence-corrected chi connectivity index (χ1v) is 5.62. The zero-order chi connectivity index (χ0) is 12.0. The van der Waals surface area contributed by atoms with Crippen LogP contribution in [0.2, 0.25) is 0 Å². The van der Waals surface area contributed by atoms with E-state index in [0.29, 0.717) is 12.1 Å². The number of amidine groups is 1. The van der Waals surface area contributed by atoms with E-state index in [1.54, 1.807) is 0 Å². The summed E-state index contributed by atoms with van der Waals surface area (Å²) in [5, 5.41) is 12.6. The molecule has 0 bridgehead atoms. The molecule has 0 spiro atoms. The summed E-state index contributed by atoms with van der Waals surface area (Å²) in [5.74, 6) is 0. The fourth-order valence-corrected chi connectivity index (χ4v) is 1.59. The molecule has 0 radical (unpaired) electrons. The SMILES string of the molecule is CC/C(C#N)=N/OC(N1CCCC1)=[N+](C)C. The molecule has 5 heteroatoms. The summed E-state index contributed by atoms with van der Waals surface area (Å²) in [7, 11) is 3.84. The van der Waals surface area contributed by atoms with Crippen LogP contribution in [-0.4, -0.2) is 48.4 Å². The summed E-state index contributed by atoms with van der Waals surface area (Å²) < 4.78 is 1.89. The quantitative estimate of drug-likeness (QED) is 0.304. The number of nitriles is 1. The summed E-state index contributed by atoms with van der Waals surface area (Å²) in [6.45, 7) is 3.88. The molecular weight excluding hydrogens is 204 g/mol. The molecule has 88 valence electrons. The van der Waals surface area contributed by atoms with Crippen LogP contribution >= 0.6 is 0 Å². The lowest BCUT2D eigenvalue weighted by atomic mass is 10.3. The number of hydrogen-bond donors (Lipinski definition) is 0. The Bertz CT molecular complexity index is 330. The fourth-order valence-electron chi connectivity index (χ4n) is 1.59. The van der Waals surface area contributed by atoms with Crippen LogP contribution in [0.25, 0.3) is 0 Å². The second-order valence-electron chi connectivity index (χ2n) is 3.97. The van der Waals surface area contributed by atoms with Crippen molar-refractivity contribution < 1.29 is 9.41 Å². The Labute approximate surface area is 96.6 Å². The Balaban J connectivity index is 2.71. The Morgan fingerprint density at radius 3 is 2.50 bits per heavy atom. The molecule has 1 fully saturated rings. The number of rotatable bonds is 2. The highest BCUT2D eigenvalue weighted by Gasteiger charge is 2.26. The Morgan fingerprint density at radius 2 is 2.06 bits per heavy atom. The van der Waals surface area contributed by atoms with Gasteiger partial charge in [0.25, 0.3) is 0 Å². The van der Waals surface area contributed by atoms with Gasteiger partial charge in [-0.2, -0.15) is 5.26 Å². The van der Waals surface area contributed by atoms with E-state index in [2.05, 4.69) is 10.1 Å². The van der Waals surface area contributed by atoms with Gasteiger partial charge in [-0.05, 0) is 12.8 Å². The van der Waals surface area contributed by atoms with E-state index in [0.717, 1.165) is 19.1 Å². The minimum Gasteiger partial charge on any atom is -0.278 e. The summed E-state index contributed by atoms with van der Waals surface area (Å²) in [6.07, 6.45) is 2.96. The summed E-state index contributed by atoms with van der Waals surface area (Å²) >= 11 is 0. The van der Waals surface area contributed by atoms with Gasteiger partial charge in [-0.15, -0.1) is 0 Å². The predicted molar refractivity (Wildman–Crippen MR) is 62.3 cm³/mol. The van der Waals surface area contributed by atoms with Gasteiger partial charge in [0, 0.05) is 6.42 Å². The molecule has 0 unspecified atom stereocenters. The first-order chi connectivity index (χ1) is 7.69. The highest BCUT2D eigenvalue weighted by atomic mass is 16.6. The maximum Gasteiger partial charge on any atom is 0.472 e. The van der Waals surface area contributed by atoms with Gasteiger partial charge in [0.1, 0.15) is 6.07 Å². The van der Waals surface area contributed by atoms with Crippen LogP contribution in [-0.2, 0) is 4.84 Å². The molecule has 1 saturated heterocycles. The van der Waals surface area contributed by atoms with Crippen molar-refractivity contribution in [3.8, 4) is 6.07 Å². The fraction of sp³-hybridized carbons (Fsp3) is 0.727. The Kier molecular flexibility index (Phi) is 4.77. The van der Waals surface area contributed by atoms with Gasteiger partial charge in [0.2, 0.25) is 0 Å². The van der Waals surface area contributed by atoms with Gasteiger partial charge in [-0.25, -0.2) is 9.48 Å². The molecule has 0 aliphatic carbocycles. The average Bonchev–Trinajstić information content (AvgIpc) is 2.77. The minimum atomic E-state index is 0.415. The van der Waals surface area contributed by atoms with Gasteiger partial charge < -0.3 is 0 Å². The molecule has 1 aliphatic rings. The maximum atomic E-state index is 8.75. The lowest BCUT2D eigenvalue weighted by Crippen LogP contribution is -2.35. The highest BCUT2D eigenvalue weighted by Crippen LogP contribution is 2.08. The first kappa shape index (κ1) is 12.5. The summed E-state index contributed by atoms with van der Waals surface area (Å²) in [5.41, 5.74) is 0.415. The van der Waals surface area contributed by atoms with Crippen LogP contribution in [0.3, 0.4) is 0 Å². The zero-order valence-electron chi connectivity index (χ0n) is 10.2. The smallest absolute Gasteiger partial charge is 0.278 e. The lowest BCUT2D eigenvalue weighted by Gasteiger charge is -2.11. The maximum absolute atomic E-state index is 8.75. The monoisotopic (exact) mass is 223 g/mol. The van der Waals surface area contributed by atoms with Crippen LogP contribution in [0.4, 0.5) is 0 Å². The number of oxime groups is 1. The third-order valence-corrected chi connectivity index (χ3v) is 2.46. The molecule has 1 rings (SSSR count). The highest BCUT2D eigenvalue weighted by molar-refractivity contribution is 5.98. The second kappa shape index (κ2) is 6.11. The van der Waals surface area contributed by atoms with Gasteiger partial charge in [-0.1, -0.05) is 12.1 Å². The van der Waals surface area contributed by atoms with E-state index in [1.807, 2.05) is 31.7 Å². The molecule has 0 N–H and O–H groups in total. The number of nitrogens with zero attached hydrogens (tertiary/aromatic N) is 4. The standard InChI is InChI=1S/C11H19N4O/c1-4-10(9-12)13-16-11(14(2)3)15-7-5-6-8-15/h4-8H2,1-3H3/q+1/b13-10-. The van der Waals surface area contributed by atoms with E-state index in [-0.39, 0.29) is 0 Å². The van der Waals surface area contributed by atoms with E-state index in [1.165, 1.54) is 12.8 Å². The first-order valence-electron chi connectivity index (χ1n) is 5.62. The molecule has 0 saturated carbocycles. The predicted octanol–water partition coefficient (Wildman–Crippen LogP) is 1.02. The molecule has 1 aliphatic heterocycles. The van der Waals surface area contributed by atoms with E-state index in [4.69, 9.17) is 10.1 Å². The molecule has 16 heavy (non-hydrogen) atoms. The van der Waals surface area contributed by atoms with Crippen LogP contribution in [0.1, 0.15) is 26.2 Å². The van der Waals surface area contributed by atoms with Crippen molar-refractivity contribution in [3.05, 3.63) is 0 Å². The van der Waals surface area contributed by atoms with Gasteiger partial charge in [-0.3, -0.25) is 4.84 Å². The molecule has 0 aromatic carbocycles. The van der Waals surface area contributed by atoms with Crippen molar-refractivity contribution in [3.63, 3.8) is 0 Å². The van der Waals surface area contributed by atoms with Crippen molar-refractivity contribution >= 4 is 11.7 Å². The summed E-state index contributed by atoms with van der Waals surface area (Å²) in [6, 6.07) is 2.73. The Morgan fingerprint density at radius 1 is 1.44 bits per heavy atom. The van der Waals surface area contributed by atoms with Gasteiger partial charge >= 0.3 is 6.02 Å². The second-order valence-corrected chi connectivity index (χ2v) is 3.97. The molecule has 0 aromatic rings. The third-order valence-electron chi connectivity index (χ3n) is 2.46. The van der Waals surface area contributed by atoms with Crippen molar-refractivity contribution in [2.75, 3.05) is 27.2 Å². The normalized spacial score (nSPS) is 15.9. The lowest BCUT2D eigenvalue weighted by molar-refractivity contribution is -0.481. The third kappa shape index (κ3) is 3.23. The average molecular weight is 223 g/mol. The van der Waals surface area contributed by atoms with Crippen LogP contribution in [0.5, 0.6) is 0 Å². The topological polar surface area (TPSA) is 51.6 Å². The molecule has 5 nitrogen and oxygen atoms in total. The van der Waals surface area contributed by atoms with Crippen LogP contribution in [0, 0.1) is 11.3 Å². The van der Waals surface area contributed by atoms with E-state index >= 15 is 0 Å². The number of hydrogen-bond acceptors (Lipinski definition) is 3. The number of likely N-dealkylation sites (tertiary alicyclic amines) is 1. The van der Waals surface area contributed by atoms with Crippen LogP contribution < -0.4 is 0 Å². The molecule has 0 amide bonds. The summed E-state index contributed by atoms with van der Waals surface area (Å²) in [4.78, 5) is 7.51.